The van der Waals surface area contributed by atoms with Crippen molar-refractivity contribution in [1.82, 2.24) is 0 Å². The molecule has 0 heterocycles. The second-order valence-corrected chi connectivity index (χ2v) is 6.18. The standard InChI is InChI=1S/C18H28O/c1-3-13-18(19,16-10-6-5-7-11-16)17-12-8-9-15(4-2)14-17/h5-7,10-11,15,17,19H,3-4,8-9,12-14H2,1-2H3. The fraction of sp³-hybridized carbons (Fsp3) is 0.667. The average molecular weight is 260 g/mol. The quantitative estimate of drug-likeness (QED) is 0.799. The monoisotopic (exact) mass is 260 g/mol. The SMILES string of the molecule is CCCC(O)(c1ccccc1)C1CCCC(CC)C1. The van der Waals surface area contributed by atoms with Crippen molar-refractivity contribution in [1.29, 1.82) is 0 Å². The molecule has 0 spiro atoms. The van der Waals surface area contributed by atoms with Gasteiger partial charge in [-0.3, -0.25) is 0 Å². The molecule has 1 aliphatic carbocycles. The molecule has 19 heavy (non-hydrogen) atoms. The summed E-state index contributed by atoms with van der Waals surface area (Å²) in [5.41, 5.74) is 0.516. The minimum absolute atomic E-state index is 0.438. The van der Waals surface area contributed by atoms with Crippen LogP contribution in [-0.2, 0) is 5.60 Å². The molecule has 1 aromatic rings. The third-order valence-electron chi connectivity index (χ3n) is 4.94. The van der Waals surface area contributed by atoms with Gasteiger partial charge in [-0.25, -0.2) is 0 Å². The third-order valence-corrected chi connectivity index (χ3v) is 4.94. The first-order valence-electron chi connectivity index (χ1n) is 7.98. The van der Waals surface area contributed by atoms with Gasteiger partial charge in [-0.2, -0.15) is 0 Å². The highest BCUT2D eigenvalue weighted by atomic mass is 16.3. The Balaban J connectivity index is 2.23. The fourth-order valence-electron chi connectivity index (χ4n) is 3.79. The van der Waals surface area contributed by atoms with Crippen LogP contribution in [0.1, 0.15) is 64.4 Å². The van der Waals surface area contributed by atoms with Crippen molar-refractivity contribution in [2.45, 2.75) is 64.4 Å². The third kappa shape index (κ3) is 3.20. The molecule has 2 rings (SSSR count). The lowest BCUT2D eigenvalue weighted by molar-refractivity contribution is -0.0549. The van der Waals surface area contributed by atoms with E-state index in [4.69, 9.17) is 0 Å². The molecule has 0 amide bonds. The van der Waals surface area contributed by atoms with E-state index in [1.807, 2.05) is 6.07 Å². The highest BCUT2D eigenvalue weighted by Crippen LogP contribution is 2.44. The van der Waals surface area contributed by atoms with E-state index in [9.17, 15) is 5.11 Å². The molecule has 1 N–H and O–H groups in total. The van der Waals surface area contributed by atoms with Gasteiger partial charge in [0.25, 0.3) is 0 Å². The minimum atomic E-state index is -0.607. The fourth-order valence-corrected chi connectivity index (χ4v) is 3.79. The maximum absolute atomic E-state index is 11.3. The summed E-state index contributed by atoms with van der Waals surface area (Å²) in [6.45, 7) is 4.46. The molecular weight excluding hydrogens is 232 g/mol. The van der Waals surface area contributed by atoms with Gasteiger partial charge in [0, 0.05) is 0 Å². The first kappa shape index (κ1) is 14.6. The summed E-state index contributed by atoms with van der Waals surface area (Å²) in [6.07, 6.45) is 8.19. The smallest absolute Gasteiger partial charge is 0.0924 e. The normalized spacial score (nSPS) is 26.9. The van der Waals surface area contributed by atoms with Gasteiger partial charge in [0.2, 0.25) is 0 Å². The van der Waals surface area contributed by atoms with Crippen LogP contribution < -0.4 is 0 Å². The first-order valence-corrected chi connectivity index (χ1v) is 7.98. The van der Waals surface area contributed by atoms with E-state index in [0.717, 1.165) is 24.3 Å². The molecule has 0 radical (unpaired) electrons. The van der Waals surface area contributed by atoms with Gasteiger partial charge in [0.05, 0.1) is 5.60 Å². The molecule has 1 saturated carbocycles. The van der Waals surface area contributed by atoms with Crippen LogP contribution in [0.15, 0.2) is 30.3 Å². The van der Waals surface area contributed by atoms with Crippen molar-refractivity contribution >= 4 is 0 Å². The molecule has 3 atom stereocenters. The number of rotatable bonds is 5. The molecule has 0 aliphatic heterocycles. The number of hydrogen-bond acceptors (Lipinski definition) is 1. The lowest BCUT2D eigenvalue weighted by Crippen LogP contribution is -2.38. The maximum atomic E-state index is 11.3. The van der Waals surface area contributed by atoms with Crippen molar-refractivity contribution in [3.8, 4) is 0 Å². The molecule has 106 valence electrons. The van der Waals surface area contributed by atoms with Crippen LogP contribution in [-0.4, -0.2) is 5.11 Å². The molecular formula is C18H28O. The minimum Gasteiger partial charge on any atom is -0.385 e. The molecule has 0 aromatic heterocycles. The topological polar surface area (TPSA) is 20.2 Å². The average Bonchev–Trinajstić information content (AvgIpc) is 2.48. The van der Waals surface area contributed by atoms with E-state index in [0.29, 0.717) is 5.92 Å². The molecule has 1 nitrogen and oxygen atoms in total. The van der Waals surface area contributed by atoms with Crippen LogP contribution in [0.25, 0.3) is 0 Å². The maximum Gasteiger partial charge on any atom is 0.0924 e. The summed E-state index contributed by atoms with van der Waals surface area (Å²) in [5, 5.41) is 11.3. The molecule has 3 unspecified atom stereocenters. The Morgan fingerprint density at radius 2 is 1.89 bits per heavy atom. The lowest BCUT2D eigenvalue weighted by atomic mass is 9.68. The summed E-state index contributed by atoms with van der Waals surface area (Å²) in [4.78, 5) is 0. The van der Waals surface area contributed by atoms with Crippen molar-refractivity contribution in [3.05, 3.63) is 35.9 Å². The van der Waals surface area contributed by atoms with Gasteiger partial charge in [-0.15, -0.1) is 0 Å². The van der Waals surface area contributed by atoms with Gasteiger partial charge in [-0.05, 0) is 36.7 Å². The predicted octanol–water partition coefficient (Wildman–Crippen LogP) is 4.89. The van der Waals surface area contributed by atoms with E-state index in [1.54, 1.807) is 0 Å². The molecule has 1 aromatic carbocycles. The first-order chi connectivity index (χ1) is 9.20. The van der Waals surface area contributed by atoms with Gasteiger partial charge in [0.15, 0.2) is 0 Å². The molecule has 0 saturated heterocycles. The molecule has 1 fully saturated rings. The highest BCUT2D eigenvalue weighted by molar-refractivity contribution is 5.23. The van der Waals surface area contributed by atoms with Crippen molar-refractivity contribution in [2.24, 2.45) is 11.8 Å². The van der Waals surface area contributed by atoms with Crippen LogP contribution in [0.3, 0.4) is 0 Å². The Morgan fingerprint density at radius 1 is 1.16 bits per heavy atom. The van der Waals surface area contributed by atoms with Crippen molar-refractivity contribution < 1.29 is 5.11 Å². The van der Waals surface area contributed by atoms with Crippen LogP contribution >= 0.6 is 0 Å². The van der Waals surface area contributed by atoms with E-state index >= 15 is 0 Å². The Morgan fingerprint density at radius 3 is 2.53 bits per heavy atom. The Kier molecular flexibility index (Phi) is 5.04. The second kappa shape index (κ2) is 6.56. The van der Waals surface area contributed by atoms with Crippen molar-refractivity contribution in [3.63, 3.8) is 0 Å². The summed E-state index contributed by atoms with van der Waals surface area (Å²) in [5.74, 6) is 1.25. The second-order valence-electron chi connectivity index (χ2n) is 6.18. The zero-order valence-corrected chi connectivity index (χ0v) is 12.4. The largest absolute Gasteiger partial charge is 0.385 e. The zero-order chi connectivity index (χ0) is 13.7. The summed E-state index contributed by atoms with van der Waals surface area (Å²) >= 11 is 0. The van der Waals surface area contributed by atoms with Crippen LogP contribution in [0.2, 0.25) is 0 Å². The van der Waals surface area contributed by atoms with Gasteiger partial charge in [-0.1, -0.05) is 69.9 Å². The van der Waals surface area contributed by atoms with Crippen LogP contribution in [0.5, 0.6) is 0 Å². The Hall–Kier alpha value is -0.820. The number of hydrogen-bond donors (Lipinski definition) is 1. The number of aliphatic hydroxyl groups is 1. The Bertz CT molecular complexity index is 373. The molecule has 1 aliphatic rings. The predicted molar refractivity (Wildman–Crippen MR) is 81.0 cm³/mol. The van der Waals surface area contributed by atoms with Gasteiger partial charge < -0.3 is 5.11 Å². The number of benzene rings is 1. The molecule has 1 heteroatoms. The van der Waals surface area contributed by atoms with E-state index in [2.05, 4.69) is 38.1 Å². The van der Waals surface area contributed by atoms with Crippen LogP contribution in [0, 0.1) is 11.8 Å². The lowest BCUT2D eigenvalue weighted by Gasteiger charge is -2.41. The van der Waals surface area contributed by atoms with Crippen molar-refractivity contribution in [2.75, 3.05) is 0 Å². The van der Waals surface area contributed by atoms with Gasteiger partial charge in [0.1, 0.15) is 0 Å². The molecule has 0 bridgehead atoms. The zero-order valence-electron chi connectivity index (χ0n) is 12.4. The summed E-state index contributed by atoms with van der Waals surface area (Å²) in [6, 6.07) is 10.3. The van der Waals surface area contributed by atoms with Crippen LogP contribution in [0.4, 0.5) is 0 Å². The van der Waals surface area contributed by atoms with E-state index in [-0.39, 0.29) is 0 Å². The van der Waals surface area contributed by atoms with Gasteiger partial charge >= 0.3 is 0 Å². The summed E-state index contributed by atoms with van der Waals surface area (Å²) < 4.78 is 0. The Labute approximate surface area is 118 Å². The van der Waals surface area contributed by atoms with E-state index < -0.39 is 5.60 Å². The highest BCUT2D eigenvalue weighted by Gasteiger charge is 2.39. The summed E-state index contributed by atoms with van der Waals surface area (Å²) in [7, 11) is 0. The van der Waals surface area contributed by atoms with E-state index in [1.165, 1.54) is 32.1 Å².